The van der Waals surface area contributed by atoms with E-state index in [-0.39, 0.29) is 10.6 Å². The number of nitrogens with two attached hydrogens (primary N) is 1. The van der Waals surface area contributed by atoms with Gasteiger partial charge in [-0.2, -0.15) is 0 Å². The van der Waals surface area contributed by atoms with Crippen LogP contribution in [0.15, 0.2) is 41.3 Å². The van der Waals surface area contributed by atoms with Crippen LogP contribution < -0.4 is 15.8 Å². The van der Waals surface area contributed by atoms with Gasteiger partial charge in [-0.15, -0.1) is 0 Å². The highest BCUT2D eigenvalue weighted by atomic mass is 32.2. The van der Waals surface area contributed by atoms with Gasteiger partial charge in [0.05, 0.1) is 4.90 Å². The summed E-state index contributed by atoms with van der Waals surface area (Å²) < 4.78 is 50.9. The van der Waals surface area contributed by atoms with Gasteiger partial charge in [0.25, 0.3) is 5.91 Å². The van der Waals surface area contributed by atoms with Crippen molar-refractivity contribution in [1.82, 2.24) is 5.32 Å². The fourth-order valence-electron chi connectivity index (χ4n) is 2.67. The lowest BCUT2D eigenvalue weighted by molar-refractivity contribution is -0.118. The first kappa shape index (κ1) is 22.4. The number of nitrogens with one attached hydrogen (secondary N) is 2. The van der Waals surface area contributed by atoms with E-state index in [0.717, 1.165) is 18.2 Å². The third-order valence-corrected chi connectivity index (χ3v) is 5.24. The highest BCUT2D eigenvalue weighted by Gasteiger charge is 2.27. The van der Waals surface area contributed by atoms with Crippen LogP contribution in [0, 0.1) is 24.5 Å². The fourth-order valence-corrected chi connectivity index (χ4v) is 3.48. The number of sulfonamides is 1. The summed E-state index contributed by atoms with van der Waals surface area (Å²) in [7, 11) is -4.00. The number of amides is 2. The molecule has 0 heterocycles. The molecule has 0 aliphatic heterocycles. The van der Waals surface area contributed by atoms with Crippen LogP contribution in [0.25, 0.3) is 0 Å². The van der Waals surface area contributed by atoms with Gasteiger partial charge >= 0.3 is 0 Å². The van der Waals surface area contributed by atoms with Crippen molar-refractivity contribution < 1.29 is 26.8 Å². The zero-order valence-corrected chi connectivity index (χ0v) is 16.8. The Bertz CT molecular complexity index is 1040. The molecule has 10 heteroatoms. The topological polar surface area (TPSA) is 118 Å². The van der Waals surface area contributed by atoms with Gasteiger partial charge in [-0.25, -0.2) is 22.3 Å². The van der Waals surface area contributed by atoms with Gasteiger partial charge in [-0.05, 0) is 42.7 Å². The van der Waals surface area contributed by atoms with E-state index in [0.29, 0.717) is 5.56 Å². The highest BCUT2D eigenvalue weighted by Crippen LogP contribution is 2.20. The van der Waals surface area contributed by atoms with Gasteiger partial charge in [0, 0.05) is 5.69 Å². The Morgan fingerprint density at radius 3 is 2.17 bits per heavy atom. The Balaban J connectivity index is 2.26. The maximum absolute atomic E-state index is 13.8. The van der Waals surface area contributed by atoms with Gasteiger partial charge < -0.3 is 10.6 Å². The van der Waals surface area contributed by atoms with Crippen molar-refractivity contribution >= 4 is 27.5 Å². The Morgan fingerprint density at radius 1 is 1.07 bits per heavy atom. The molecule has 0 spiro atoms. The minimum atomic E-state index is -4.00. The second-order valence-electron chi connectivity index (χ2n) is 6.81. The minimum Gasteiger partial charge on any atom is -0.340 e. The van der Waals surface area contributed by atoms with E-state index >= 15 is 0 Å². The molecule has 0 bridgehead atoms. The molecule has 156 valence electrons. The van der Waals surface area contributed by atoms with Crippen LogP contribution in [-0.2, 0) is 14.8 Å². The van der Waals surface area contributed by atoms with Crippen LogP contribution >= 0.6 is 0 Å². The van der Waals surface area contributed by atoms with E-state index < -0.39 is 51.0 Å². The summed E-state index contributed by atoms with van der Waals surface area (Å²) in [5.74, 6) is -4.31. The maximum Gasteiger partial charge on any atom is 0.257 e. The average molecular weight is 425 g/mol. The Morgan fingerprint density at radius 2 is 1.66 bits per heavy atom. The predicted molar refractivity (Wildman–Crippen MR) is 104 cm³/mol. The molecular formula is C19H21F2N3O4S. The number of anilines is 1. The number of aryl methyl sites for hydroxylation is 1. The van der Waals surface area contributed by atoms with E-state index in [1.807, 2.05) is 0 Å². The first-order chi connectivity index (χ1) is 13.4. The Kier molecular flexibility index (Phi) is 6.70. The van der Waals surface area contributed by atoms with Crippen LogP contribution in [0.3, 0.4) is 0 Å². The molecule has 0 unspecified atom stereocenters. The molecule has 0 saturated carbocycles. The fraction of sp³-hybridized carbons (Fsp3) is 0.263. The van der Waals surface area contributed by atoms with Crippen LogP contribution in [-0.4, -0.2) is 26.3 Å². The number of carbonyl (C=O) groups is 2. The number of rotatable bonds is 6. The SMILES string of the molecule is Cc1ccc(NC(=O)[C@@H](NC(=O)c2c(F)cccc2F)C(C)C)cc1S(N)(=O)=O. The van der Waals surface area contributed by atoms with E-state index in [1.54, 1.807) is 20.8 Å². The molecule has 0 aliphatic rings. The normalized spacial score (nSPS) is 12.5. The molecule has 2 amide bonds. The van der Waals surface area contributed by atoms with Gasteiger partial charge in [0.15, 0.2) is 0 Å². The van der Waals surface area contributed by atoms with Crippen LogP contribution in [0.2, 0.25) is 0 Å². The van der Waals surface area contributed by atoms with Crippen molar-refractivity contribution in [3.05, 3.63) is 59.2 Å². The first-order valence-electron chi connectivity index (χ1n) is 8.61. The molecule has 0 radical (unpaired) electrons. The molecule has 2 aromatic carbocycles. The van der Waals surface area contributed by atoms with E-state index in [1.165, 1.54) is 18.2 Å². The van der Waals surface area contributed by atoms with Gasteiger partial charge in [-0.3, -0.25) is 9.59 Å². The van der Waals surface area contributed by atoms with Crippen molar-refractivity contribution in [3.8, 4) is 0 Å². The quantitative estimate of drug-likeness (QED) is 0.658. The molecular weight excluding hydrogens is 404 g/mol. The maximum atomic E-state index is 13.8. The lowest BCUT2D eigenvalue weighted by atomic mass is 10.0. The standard InChI is InChI=1S/C19H21F2N3O4S/c1-10(2)17(24-18(25)16-13(20)5-4-6-14(16)21)19(26)23-12-8-7-11(3)15(9-12)29(22,27)28/h4-10,17H,1-3H3,(H,23,26)(H,24,25)(H2,22,27,28)/t17-/m0/s1. The van der Waals surface area contributed by atoms with Crippen molar-refractivity contribution in [2.24, 2.45) is 11.1 Å². The van der Waals surface area contributed by atoms with Crippen LogP contribution in [0.1, 0.15) is 29.8 Å². The van der Waals surface area contributed by atoms with Crippen molar-refractivity contribution in [1.29, 1.82) is 0 Å². The molecule has 4 N–H and O–H groups in total. The Labute approximate surface area is 167 Å². The van der Waals surface area contributed by atoms with E-state index in [2.05, 4.69) is 10.6 Å². The molecule has 29 heavy (non-hydrogen) atoms. The van der Waals surface area contributed by atoms with Crippen LogP contribution in [0.4, 0.5) is 14.5 Å². The summed E-state index contributed by atoms with van der Waals surface area (Å²) in [5, 5.41) is 9.96. The monoisotopic (exact) mass is 425 g/mol. The third kappa shape index (κ3) is 5.36. The number of primary sulfonamides is 1. The van der Waals surface area contributed by atoms with E-state index in [9.17, 15) is 26.8 Å². The predicted octanol–water partition coefficient (Wildman–Crippen LogP) is 2.31. The van der Waals surface area contributed by atoms with Crippen molar-refractivity contribution in [2.75, 3.05) is 5.32 Å². The average Bonchev–Trinajstić information content (AvgIpc) is 2.59. The Hall–Kier alpha value is -2.85. The van der Waals surface area contributed by atoms with Crippen molar-refractivity contribution in [2.45, 2.75) is 31.7 Å². The lowest BCUT2D eigenvalue weighted by Gasteiger charge is -2.22. The molecule has 7 nitrogen and oxygen atoms in total. The molecule has 0 saturated heterocycles. The number of carbonyl (C=O) groups excluding carboxylic acids is 2. The van der Waals surface area contributed by atoms with Crippen LogP contribution in [0.5, 0.6) is 0 Å². The molecule has 0 aromatic heterocycles. The summed E-state index contributed by atoms with van der Waals surface area (Å²) in [6.45, 7) is 4.81. The largest absolute Gasteiger partial charge is 0.340 e. The lowest BCUT2D eigenvalue weighted by Crippen LogP contribution is -2.47. The summed E-state index contributed by atoms with van der Waals surface area (Å²) in [4.78, 5) is 24.8. The van der Waals surface area contributed by atoms with Gasteiger partial charge in [0.2, 0.25) is 15.9 Å². The molecule has 2 rings (SSSR count). The zero-order chi connectivity index (χ0) is 21.9. The summed E-state index contributed by atoms with van der Waals surface area (Å²) in [5.41, 5.74) is -0.256. The molecule has 0 aliphatic carbocycles. The summed E-state index contributed by atoms with van der Waals surface area (Å²) >= 11 is 0. The van der Waals surface area contributed by atoms with Gasteiger partial charge in [0.1, 0.15) is 23.2 Å². The number of hydrogen-bond donors (Lipinski definition) is 3. The molecule has 2 aromatic rings. The first-order valence-corrected chi connectivity index (χ1v) is 10.2. The number of halogens is 2. The molecule has 0 fully saturated rings. The summed E-state index contributed by atoms with van der Waals surface area (Å²) in [6, 6.07) is 5.98. The third-order valence-electron chi connectivity index (χ3n) is 4.19. The molecule has 1 atom stereocenters. The zero-order valence-electron chi connectivity index (χ0n) is 16.0. The number of hydrogen-bond acceptors (Lipinski definition) is 4. The minimum absolute atomic E-state index is 0.140. The summed E-state index contributed by atoms with van der Waals surface area (Å²) in [6.07, 6.45) is 0. The second kappa shape index (κ2) is 8.66. The van der Waals surface area contributed by atoms with Gasteiger partial charge in [-0.1, -0.05) is 26.0 Å². The smallest absolute Gasteiger partial charge is 0.257 e. The second-order valence-corrected chi connectivity index (χ2v) is 8.34. The van der Waals surface area contributed by atoms with Crippen molar-refractivity contribution in [3.63, 3.8) is 0 Å². The highest BCUT2D eigenvalue weighted by molar-refractivity contribution is 7.89. The number of benzene rings is 2. The van der Waals surface area contributed by atoms with E-state index in [4.69, 9.17) is 5.14 Å².